The number of halogens is 1. The maximum absolute atomic E-state index is 13.1. The number of hydrogen-bond donors (Lipinski definition) is 1. The summed E-state index contributed by atoms with van der Waals surface area (Å²) in [5.74, 6) is 0.109. The van der Waals surface area contributed by atoms with Gasteiger partial charge < -0.3 is 10.1 Å². The van der Waals surface area contributed by atoms with Crippen LogP contribution in [0.3, 0.4) is 0 Å². The van der Waals surface area contributed by atoms with Crippen LogP contribution in [0.25, 0.3) is 22.3 Å². The maximum atomic E-state index is 13.1. The Bertz CT molecular complexity index is 1490. The van der Waals surface area contributed by atoms with Crippen LogP contribution in [-0.4, -0.2) is 30.9 Å². The lowest BCUT2D eigenvalue weighted by Gasteiger charge is -2.12. The minimum Gasteiger partial charge on any atom is -0.488 e. The summed E-state index contributed by atoms with van der Waals surface area (Å²) in [6.07, 6.45) is 3.22. The first kappa shape index (κ1) is 21.5. The van der Waals surface area contributed by atoms with Crippen molar-refractivity contribution in [2.24, 2.45) is 7.05 Å². The van der Waals surface area contributed by atoms with E-state index in [9.17, 15) is 4.79 Å². The molecule has 34 heavy (non-hydrogen) atoms. The fourth-order valence-electron chi connectivity index (χ4n) is 3.58. The molecule has 0 aliphatic heterocycles. The lowest BCUT2D eigenvalue weighted by Crippen LogP contribution is -2.14. The van der Waals surface area contributed by atoms with E-state index in [1.54, 1.807) is 60.5 Å². The molecule has 168 valence electrons. The minimum atomic E-state index is -0.306. The number of anilines is 1. The molecule has 2 aromatic carbocycles. The van der Waals surface area contributed by atoms with Crippen molar-refractivity contribution in [2.75, 3.05) is 5.32 Å². The lowest BCUT2D eigenvalue weighted by molar-refractivity contribution is 0.102. The van der Waals surface area contributed by atoms with Gasteiger partial charge in [0.2, 0.25) is 0 Å². The fourth-order valence-corrected chi connectivity index (χ4v) is 3.76. The highest BCUT2D eigenvalue weighted by molar-refractivity contribution is 6.30. The number of fused-ring (bicyclic) bond motifs is 1. The molecule has 0 spiro atoms. The average molecular weight is 471 g/mol. The van der Waals surface area contributed by atoms with Crippen LogP contribution in [0.15, 0.2) is 79.1 Å². The van der Waals surface area contributed by atoms with Crippen LogP contribution in [0.1, 0.15) is 15.9 Å². The average Bonchev–Trinajstić information content (AvgIpc) is 3.16. The monoisotopic (exact) mass is 470 g/mol. The van der Waals surface area contributed by atoms with Crippen LogP contribution in [0, 0.1) is 0 Å². The van der Waals surface area contributed by atoms with Crippen molar-refractivity contribution >= 4 is 34.1 Å². The SMILES string of the molecule is Cn1nc(-c2cccnn2)c(COc2ccccc2C(=O)Nc2cnc3ccccc3c2)c1Cl. The molecule has 0 fully saturated rings. The molecule has 9 heteroatoms. The Kier molecular flexibility index (Phi) is 5.88. The number of nitrogens with one attached hydrogen (secondary N) is 1. The first-order valence-corrected chi connectivity index (χ1v) is 10.9. The molecule has 0 radical (unpaired) electrons. The van der Waals surface area contributed by atoms with Gasteiger partial charge in [-0.1, -0.05) is 41.9 Å². The van der Waals surface area contributed by atoms with E-state index < -0.39 is 0 Å². The Morgan fingerprint density at radius 2 is 1.91 bits per heavy atom. The molecule has 0 aliphatic carbocycles. The predicted octanol–water partition coefficient (Wildman–Crippen LogP) is 4.91. The first-order valence-electron chi connectivity index (χ1n) is 10.5. The summed E-state index contributed by atoms with van der Waals surface area (Å²) in [5.41, 5.74) is 3.65. The lowest BCUT2D eigenvalue weighted by atomic mass is 10.1. The van der Waals surface area contributed by atoms with Gasteiger partial charge in [0.15, 0.2) is 0 Å². The van der Waals surface area contributed by atoms with Gasteiger partial charge in [-0.2, -0.15) is 10.2 Å². The van der Waals surface area contributed by atoms with Gasteiger partial charge >= 0.3 is 0 Å². The van der Waals surface area contributed by atoms with Crippen molar-refractivity contribution in [3.8, 4) is 17.1 Å². The third-order valence-electron chi connectivity index (χ3n) is 5.24. The summed E-state index contributed by atoms with van der Waals surface area (Å²) in [5, 5.41) is 16.7. The van der Waals surface area contributed by atoms with Gasteiger partial charge in [-0.25, -0.2) is 0 Å². The number of carbonyl (C=O) groups is 1. The Morgan fingerprint density at radius 3 is 2.76 bits per heavy atom. The van der Waals surface area contributed by atoms with Crippen molar-refractivity contribution in [2.45, 2.75) is 6.61 Å². The summed E-state index contributed by atoms with van der Waals surface area (Å²) in [7, 11) is 1.74. The number of aryl methyl sites for hydroxylation is 1. The highest BCUT2D eigenvalue weighted by atomic mass is 35.5. The van der Waals surface area contributed by atoms with Crippen LogP contribution in [-0.2, 0) is 13.7 Å². The minimum absolute atomic E-state index is 0.0976. The third kappa shape index (κ3) is 4.31. The molecule has 3 aromatic heterocycles. The summed E-state index contributed by atoms with van der Waals surface area (Å²) in [6.45, 7) is 0.0976. The van der Waals surface area contributed by atoms with Crippen LogP contribution in [0.5, 0.6) is 5.75 Å². The van der Waals surface area contributed by atoms with E-state index in [1.807, 2.05) is 30.3 Å². The molecule has 1 N–H and O–H groups in total. The molecular formula is C25H19ClN6O2. The summed E-state index contributed by atoms with van der Waals surface area (Å²) in [4.78, 5) is 17.5. The van der Waals surface area contributed by atoms with E-state index in [1.165, 1.54) is 0 Å². The number of aromatic nitrogens is 5. The van der Waals surface area contributed by atoms with E-state index in [0.29, 0.717) is 39.1 Å². The highest BCUT2D eigenvalue weighted by Crippen LogP contribution is 2.29. The van der Waals surface area contributed by atoms with Gasteiger partial charge in [0.25, 0.3) is 5.91 Å². The van der Waals surface area contributed by atoms with Crippen LogP contribution in [0.2, 0.25) is 5.15 Å². The topological polar surface area (TPSA) is 94.8 Å². The zero-order valence-corrected chi connectivity index (χ0v) is 18.9. The Hall–Kier alpha value is -4.30. The number of hydrogen-bond acceptors (Lipinski definition) is 6. The molecular weight excluding hydrogens is 452 g/mol. The van der Waals surface area contributed by atoms with Crippen molar-refractivity contribution in [3.05, 3.63) is 95.4 Å². The number of rotatable bonds is 6. The van der Waals surface area contributed by atoms with E-state index in [4.69, 9.17) is 16.3 Å². The number of pyridine rings is 1. The van der Waals surface area contributed by atoms with Gasteiger partial charge in [-0.3, -0.25) is 14.5 Å². The van der Waals surface area contributed by atoms with Crippen molar-refractivity contribution in [1.29, 1.82) is 0 Å². The number of nitrogens with zero attached hydrogens (tertiary/aromatic N) is 5. The normalized spacial score (nSPS) is 10.9. The second kappa shape index (κ2) is 9.29. The Balaban J connectivity index is 1.38. The predicted molar refractivity (Wildman–Crippen MR) is 130 cm³/mol. The Labute approximate surface area is 200 Å². The molecule has 0 unspecified atom stereocenters. The quantitative estimate of drug-likeness (QED) is 0.379. The first-order chi connectivity index (χ1) is 16.6. The number of carbonyl (C=O) groups excluding carboxylic acids is 1. The van der Waals surface area contributed by atoms with Gasteiger partial charge in [-0.05, 0) is 36.4 Å². The summed E-state index contributed by atoms with van der Waals surface area (Å²) in [6, 6.07) is 20.2. The standard InChI is InChI=1S/C25H19ClN6O2/c1-32-24(26)19(23(31-32)21-10-6-12-28-30-21)15-34-22-11-5-3-8-18(22)25(33)29-17-13-16-7-2-4-9-20(16)27-14-17/h2-14H,15H2,1H3,(H,29,33). The molecule has 5 aromatic rings. The molecule has 0 saturated heterocycles. The zero-order valence-electron chi connectivity index (χ0n) is 18.1. The molecule has 8 nitrogen and oxygen atoms in total. The van der Waals surface area contributed by atoms with Crippen LogP contribution >= 0.6 is 11.6 Å². The fraction of sp³-hybridized carbons (Fsp3) is 0.0800. The van der Waals surface area contributed by atoms with E-state index in [2.05, 4.69) is 25.6 Å². The van der Waals surface area contributed by atoms with Gasteiger partial charge in [0.1, 0.15) is 28.9 Å². The van der Waals surface area contributed by atoms with E-state index in [-0.39, 0.29) is 12.5 Å². The molecule has 5 rings (SSSR count). The molecule has 0 atom stereocenters. The number of ether oxygens (including phenoxy) is 1. The molecule has 0 bridgehead atoms. The van der Waals surface area contributed by atoms with E-state index in [0.717, 1.165) is 10.9 Å². The van der Waals surface area contributed by atoms with Gasteiger partial charge in [-0.15, -0.1) is 5.10 Å². The van der Waals surface area contributed by atoms with Gasteiger partial charge in [0, 0.05) is 18.6 Å². The van der Waals surface area contributed by atoms with Gasteiger partial charge in [0.05, 0.1) is 28.5 Å². The molecule has 0 saturated carbocycles. The largest absolute Gasteiger partial charge is 0.488 e. The third-order valence-corrected chi connectivity index (χ3v) is 5.71. The number of amides is 1. The van der Waals surface area contributed by atoms with Crippen molar-refractivity contribution in [1.82, 2.24) is 25.0 Å². The van der Waals surface area contributed by atoms with Crippen molar-refractivity contribution in [3.63, 3.8) is 0 Å². The van der Waals surface area contributed by atoms with Crippen LogP contribution in [0.4, 0.5) is 5.69 Å². The molecule has 0 aliphatic rings. The maximum Gasteiger partial charge on any atom is 0.259 e. The van der Waals surface area contributed by atoms with E-state index >= 15 is 0 Å². The summed E-state index contributed by atoms with van der Waals surface area (Å²) < 4.78 is 7.60. The number of benzene rings is 2. The summed E-state index contributed by atoms with van der Waals surface area (Å²) >= 11 is 6.47. The second-order valence-electron chi connectivity index (χ2n) is 7.51. The van der Waals surface area contributed by atoms with Crippen molar-refractivity contribution < 1.29 is 9.53 Å². The van der Waals surface area contributed by atoms with Crippen LogP contribution < -0.4 is 10.1 Å². The zero-order chi connectivity index (χ0) is 23.5. The molecule has 1 amide bonds. The molecule has 3 heterocycles. The smallest absolute Gasteiger partial charge is 0.259 e. The second-order valence-corrected chi connectivity index (χ2v) is 7.86. The number of para-hydroxylation sites is 2. The highest BCUT2D eigenvalue weighted by Gasteiger charge is 2.20. The Morgan fingerprint density at radius 1 is 1.09 bits per heavy atom.